The molecule has 162 valence electrons. The van der Waals surface area contributed by atoms with E-state index in [1.54, 1.807) is 6.07 Å². The summed E-state index contributed by atoms with van der Waals surface area (Å²) in [6, 6.07) is 15.8. The lowest BCUT2D eigenvalue weighted by Crippen LogP contribution is -2.42. The van der Waals surface area contributed by atoms with Crippen LogP contribution < -0.4 is 0 Å². The number of nitrogens with zero attached hydrogens (tertiary/aromatic N) is 2. The van der Waals surface area contributed by atoms with Gasteiger partial charge in [0, 0.05) is 24.7 Å². The highest BCUT2D eigenvalue weighted by Crippen LogP contribution is 2.25. The van der Waals surface area contributed by atoms with Crippen LogP contribution in [0.2, 0.25) is 0 Å². The van der Waals surface area contributed by atoms with Crippen molar-refractivity contribution in [3.63, 3.8) is 0 Å². The molecule has 0 saturated carbocycles. The molecule has 3 aromatic rings. The fraction of sp³-hybridized carbons (Fsp3) is 0.273. The Morgan fingerprint density at radius 3 is 2.65 bits per heavy atom. The lowest BCUT2D eigenvalue weighted by atomic mass is 10.00. The third-order valence-corrected chi connectivity index (χ3v) is 7.03. The first kappa shape index (κ1) is 21.2. The number of ether oxygens (including phenoxy) is 1. The molecule has 0 amide bonds. The normalized spacial score (nSPS) is 17.4. The Bertz CT molecular complexity index is 1150. The first-order chi connectivity index (χ1) is 14.9. The predicted octanol–water partition coefficient (Wildman–Crippen LogP) is 3.62. The number of halogens is 1. The third-order valence-electron chi connectivity index (χ3n) is 5.15. The minimum absolute atomic E-state index is 0.00183. The molecular weight excluding hydrogens is 423 g/mol. The maximum absolute atomic E-state index is 13.1. The number of carbonyl (C=O) groups excluding carboxylic acids is 1. The second-order valence-corrected chi connectivity index (χ2v) is 9.25. The second kappa shape index (κ2) is 8.99. The van der Waals surface area contributed by atoms with Gasteiger partial charge in [-0.1, -0.05) is 35.5 Å². The van der Waals surface area contributed by atoms with Gasteiger partial charge in [-0.2, -0.15) is 4.31 Å². The lowest BCUT2D eigenvalue weighted by molar-refractivity contribution is -0.151. The molecule has 1 saturated heterocycles. The molecule has 1 unspecified atom stereocenters. The van der Waals surface area contributed by atoms with Crippen molar-refractivity contribution in [2.24, 2.45) is 5.92 Å². The quantitative estimate of drug-likeness (QED) is 0.540. The molecule has 1 aliphatic heterocycles. The Morgan fingerprint density at radius 1 is 1.16 bits per heavy atom. The number of hydrogen-bond acceptors (Lipinski definition) is 6. The van der Waals surface area contributed by atoms with Gasteiger partial charge < -0.3 is 9.26 Å². The van der Waals surface area contributed by atoms with Crippen LogP contribution in [-0.2, 0) is 26.2 Å². The number of benzene rings is 2. The molecule has 1 atom stereocenters. The zero-order valence-electron chi connectivity index (χ0n) is 16.6. The van der Waals surface area contributed by atoms with Crippen LogP contribution in [0.1, 0.15) is 18.6 Å². The zero-order chi connectivity index (χ0) is 21.8. The molecule has 1 aromatic heterocycles. The van der Waals surface area contributed by atoms with Gasteiger partial charge in [0.05, 0.1) is 10.8 Å². The number of sulfonamides is 1. The lowest BCUT2D eigenvalue weighted by Gasteiger charge is -2.30. The molecule has 0 N–H and O–H groups in total. The van der Waals surface area contributed by atoms with Crippen LogP contribution in [0.4, 0.5) is 4.39 Å². The van der Waals surface area contributed by atoms with Gasteiger partial charge in [-0.05, 0) is 37.1 Å². The van der Waals surface area contributed by atoms with E-state index in [0.717, 1.165) is 17.7 Å². The summed E-state index contributed by atoms with van der Waals surface area (Å²) in [5.41, 5.74) is 1.53. The molecule has 0 radical (unpaired) electrons. The fourth-order valence-corrected chi connectivity index (χ4v) is 5.02. The summed E-state index contributed by atoms with van der Waals surface area (Å²) in [4.78, 5) is 12.5. The minimum atomic E-state index is -3.81. The summed E-state index contributed by atoms with van der Waals surface area (Å²) in [5.74, 6) is -1.18. The van der Waals surface area contributed by atoms with E-state index >= 15 is 0 Å². The van der Waals surface area contributed by atoms with Crippen molar-refractivity contribution >= 4 is 16.0 Å². The molecule has 1 fully saturated rings. The Hall–Kier alpha value is -3.04. The SMILES string of the molecule is O=C(OCc1cc(-c2ccccc2)no1)C1CCCN(S(=O)(=O)c2ccc(F)cc2)C1. The van der Waals surface area contributed by atoms with E-state index in [9.17, 15) is 17.6 Å². The smallest absolute Gasteiger partial charge is 0.310 e. The largest absolute Gasteiger partial charge is 0.457 e. The van der Waals surface area contributed by atoms with Gasteiger partial charge in [-0.25, -0.2) is 12.8 Å². The molecule has 2 aromatic carbocycles. The molecule has 0 aliphatic carbocycles. The van der Waals surface area contributed by atoms with Gasteiger partial charge in [0.15, 0.2) is 12.4 Å². The summed E-state index contributed by atoms with van der Waals surface area (Å²) >= 11 is 0. The minimum Gasteiger partial charge on any atom is -0.457 e. The van der Waals surface area contributed by atoms with Crippen molar-refractivity contribution < 1.29 is 26.9 Å². The first-order valence-electron chi connectivity index (χ1n) is 9.87. The highest BCUT2D eigenvalue weighted by atomic mass is 32.2. The number of piperidine rings is 1. The van der Waals surface area contributed by atoms with Gasteiger partial charge in [0.25, 0.3) is 0 Å². The number of aromatic nitrogens is 1. The van der Waals surface area contributed by atoms with Crippen LogP contribution in [0.3, 0.4) is 0 Å². The molecule has 0 bridgehead atoms. The van der Waals surface area contributed by atoms with E-state index in [0.29, 0.717) is 30.8 Å². The Balaban J connectivity index is 1.37. The summed E-state index contributed by atoms with van der Waals surface area (Å²) < 4.78 is 50.6. The standard InChI is InChI=1S/C22H21FN2O5S/c23-18-8-10-20(11-9-18)31(27,28)25-12-4-7-17(14-25)22(26)29-15-19-13-21(24-30-19)16-5-2-1-3-6-16/h1-3,5-6,8-11,13,17H,4,7,12,14-15H2. The van der Waals surface area contributed by atoms with Crippen LogP contribution in [0.15, 0.2) is 70.1 Å². The number of carbonyl (C=O) groups is 1. The fourth-order valence-electron chi connectivity index (χ4n) is 3.49. The van der Waals surface area contributed by atoms with E-state index in [1.807, 2.05) is 30.3 Å². The second-order valence-electron chi connectivity index (χ2n) is 7.31. The summed E-state index contributed by atoms with van der Waals surface area (Å²) in [6.07, 6.45) is 1.06. The molecule has 31 heavy (non-hydrogen) atoms. The molecule has 0 spiro atoms. The molecule has 2 heterocycles. The number of rotatable bonds is 6. The van der Waals surface area contributed by atoms with Gasteiger partial charge in [-0.3, -0.25) is 4.79 Å². The average molecular weight is 444 g/mol. The van der Waals surface area contributed by atoms with E-state index in [4.69, 9.17) is 9.26 Å². The molecule has 9 heteroatoms. The van der Waals surface area contributed by atoms with Crippen molar-refractivity contribution in [3.05, 3.63) is 72.2 Å². The summed E-state index contributed by atoms with van der Waals surface area (Å²) in [5, 5.41) is 3.98. The Kier molecular flexibility index (Phi) is 6.15. The third kappa shape index (κ3) is 4.83. The van der Waals surface area contributed by atoms with Crippen LogP contribution in [0, 0.1) is 11.7 Å². The predicted molar refractivity (Wildman–Crippen MR) is 110 cm³/mol. The van der Waals surface area contributed by atoms with Crippen molar-refractivity contribution in [3.8, 4) is 11.3 Å². The highest BCUT2D eigenvalue weighted by Gasteiger charge is 2.34. The van der Waals surface area contributed by atoms with Crippen LogP contribution in [0.25, 0.3) is 11.3 Å². The van der Waals surface area contributed by atoms with E-state index < -0.39 is 27.7 Å². The van der Waals surface area contributed by atoms with Gasteiger partial charge in [0.2, 0.25) is 10.0 Å². The van der Waals surface area contributed by atoms with Crippen LogP contribution in [-0.4, -0.2) is 36.9 Å². The van der Waals surface area contributed by atoms with Gasteiger partial charge in [-0.15, -0.1) is 0 Å². The molecule has 1 aliphatic rings. The van der Waals surface area contributed by atoms with Crippen molar-refractivity contribution in [2.45, 2.75) is 24.3 Å². The van der Waals surface area contributed by atoms with E-state index in [2.05, 4.69) is 5.16 Å². The van der Waals surface area contributed by atoms with Crippen molar-refractivity contribution in [1.82, 2.24) is 9.46 Å². The average Bonchev–Trinajstić information content (AvgIpc) is 3.27. The molecule has 7 nitrogen and oxygen atoms in total. The maximum Gasteiger partial charge on any atom is 0.310 e. The van der Waals surface area contributed by atoms with Crippen molar-refractivity contribution in [2.75, 3.05) is 13.1 Å². The van der Waals surface area contributed by atoms with E-state index in [-0.39, 0.29) is 18.0 Å². The summed E-state index contributed by atoms with van der Waals surface area (Å²) in [6.45, 7) is 0.232. The first-order valence-corrected chi connectivity index (χ1v) is 11.3. The monoisotopic (exact) mass is 444 g/mol. The molecular formula is C22H21FN2O5S. The zero-order valence-corrected chi connectivity index (χ0v) is 17.4. The van der Waals surface area contributed by atoms with Crippen LogP contribution in [0.5, 0.6) is 0 Å². The van der Waals surface area contributed by atoms with Crippen LogP contribution >= 0.6 is 0 Å². The van der Waals surface area contributed by atoms with Gasteiger partial charge >= 0.3 is 5.97 Å². The van der Waals surface area contributed by atoms with E-state index in [1.165, 1.54) is 16.4 Å². The number of hydrogen-bond donors (Lipinski definition) is 0. The Morgan fingerprint density at radius 2 is 1.90 bits per heavy atom. The van der Waals surface area contributed by atoms with Gasteiger partial charge in [0.1, 0.15) is 11.5 Å². The summed E-state index contributed by atoms with van der Waals surface area (Å²) in [7, 11) is -3.81. The number of esters is 1. The Labute approximate surface area is 179 Å². The highest BCUT2D eigenvalue weighted by molar-refractivity contribution is 7.89. The maximum atomic E-state index is 13.1. The van der Waals surface area contributed by atoms with Crippen molar-refractivity contribution in [1.29, 1.82) is 0 Å². The topological polar surface area (TPSA) is 89.7 Å². The molecule has 4 rings (SSSR count).